The smallest absolute Gasteiger partial charge is 0.269 e. The van der Waals surface area contributed by atoms with Crippen LogP contribution in [-0.2, 0) is 0 Å². The van der Waals surface area contributed by atoms with E-state index < -0.39 is 11.1 Å². The van der Waals surface area contributed by atoms with Gasteiger partial charge < -0.3 is 16.0 Å². The first-order valence-electron chi connectivity index (χ1n) is 8.75. The molecule has 0 unspecified atom stereocenters. The number of anilines is 2. The fourth-order valence-corrected chi connectivity index (χ4v) is 4.17. The molecule has 9 heteroatoms. The first-order valence-corrected chi connectivity index (χ1v) is 9.57. The number of amides is 2. The van der Waals surface area contributed by atoms with Crippen molar-refractivity contribution < 1.29 is 14.5 Å². The lowest BCUT2D eigenvalue weighted by atomic mass is 10.1. The van der Waals surface area contributed by atoms with Gasteiger partial charge in [-0.05, 0) is 36.8 Å². The minimum Gasteiger partial charge on any atom is -0.360 e. The third kappa shape index (κ3) is 3.55. The van der Waals surface area contributed by atoms with E-state index in [1.54, 1.807) is 31.2 Å². The van der Waals surface area contributed by atoms with E-state index >= 15 is 0 Å². The van der Waals surface area contributed by atoms with Gasteiger partial charge in [0.05, 0.1) is 16.2 Å². The molecule has 29 heavy (non-hydrogen) atoms. The molecular formula is C20H16N4O4S. The molecule has 2 heterocycles. The van der Waals surface area contributed by atoms with Crippen molar-refractivity contribution in [2.24, 2.45) is 0 Å². The van der Waals surface area contributed by atoms with Crippen LogP contribution in [0.25, 0.3) is 0 Å². The van der Waals surface area contributed by atoms with Crippen molar-refractivity contribution in [3.8, 4) is 0 Å². The van der Waals surface area contributed by atoms with Gasteiger partial charge in [-0.3, -0.25) is 19.7 Å². The van der Waals surface area contributed by atoms with Crippen LogP contribution in [0.5, 0.6) is 0 Å². The monoisotopic (exact) mass is 408 g/mol. The minimum absolute atomic E-state index is 0.0362. The molecule has 3 N–H and O–H groups in total. The highest BCUT2D eigenvalue weighted by molar-refractivity contribution is 7.15. The molecule has 4 rings (SSSR count). The van der Waals surface area contributed by atoms with E-state index in [0.29, 0.717) is 27.4 Å². The van der Waals surface area contributed by atoms with Gasteiger partial charge in [0.25, 0.3) is 17.5 Å². The lowest BCUT2D eigenvalue weighted by Gasteiger charge is -2.27. The highest BCUT2D eigenvalue weighted by Gasteiger charge is 2.32. The second-order valence-electron chi connectivity index (χ2n) is 6.46. The Kier molecular flexibility index (Phi) is 4.73. The van der Waals surface area contributed by atoms with Crippen LogP contribution in [0.3, 0.4) is 0 Å². The van der Waals surface area contributed by atoms with Crippen molar-refractivity contribution in [1.29, 1.82) is 0 Å². The van der Waals surface area contributed by atoms with E-state index in [9.17, 15) is 19.7 Å². The molecule has 8 nitrogen and oxygen atoms in total. The number of benzene rings is 2. The zero-order valence-electron chi connectivity index (χ0n) is 15.3. The first-order chi connectivity index (χ1) is 13.9. The third-order valence-corrected chi connectivity index (χ3v) is 5.65. The predicted octanol–water partition coefficient (Wildman–Crippen LogP) is 4.07. The number of nitro benzene ring substituents is 1. The van der Waals surface area contributed by atoms with Crippen molar-refractivity contribution in [3.63, 3.8) is 0 Å². The van der Waals surface area contributed by atoms with E-state index in [1.165, 1.54) is 23.5 Å². The number of nitro groups is 1. The molecule has 146 valence electrons. The molecule has 0 fully saturated rings. The summed E-state index contributed by atoms with van der Waals surface area (Å²) in [6, 6.07) is 15.0. The molecule has 2 aromatic carbocycles. The summed E-state index contributed by atoms with van der Waals surface area (Å²) in [6.45, 7) is 1.79. The number of nitrogens with zero attached hydrogens (tertiary/aromatic N) is 1. The van der Waals surface area contributed by atoms with E-state index in [-0.39, 0.29) is 17.5 Å². The van der Waals surface area contributed by atoms with Gasteiger partial charge in [0.2, 0.25) is 0 Å². The summed E-state index contributed by atoms with van der Waals surface area (Å²) in [5.41, 5.74) is 2.17. The van der Waals surface area contributed by atoms with Crippen molar-refractivity contribution in [2.45, 2.75) is 13.1 Å². The number of hydrogen-bond donors (Lipinski definition) is 3. The quantitative estimate of drug-likeness (QED) is 0.445. The van der Waals surface area contributed by atoms with Gasteiger partial charge in [-0.1, -0.05) is 18.2 Å². The molecule has 0 aliphatic carbocycles. The first kappa shape index (κ1) is 18.6. The average molecular weight is 408 g/mol. The van der Waals surface area contributed by atoms with Crippen LogP contribution < -0.4 is 16.0 Å². The molecular weight excluding hydrogens is 392 g/mol. The molecule has 0 radical (unpaired) electrons. The number of para-hydroxylation sites is 1. The van der Waals surface area contributed by atoms with Crippen molar-refractivity contribution >= 4 is 40.2 Å². The number of non-ortho nitro benzene ring substituents is 1. The summed E-state index contributed by atoms with van der Waals surface area (Å²) in [7, 11) is 0. The van der Waals surface area contributed by atoms with Crippen molar-refractivity contribution in [1.82, 2.24) is 5.32 Å². The lowest BCUT2D eigenvalue weighted by Crippen LogP contribution is -2.38. The molecule has 2 amide bonds. The fourth-order valence-electron chi connectivity index (χ4n) is 3.16. The van der Waals surface area contributed by atoms with Gasteiger partial charge in [0, 0.05) is 22.7 Å². The number of nitrogens with one attached hydrogen (secondary N) is 3. The van der Waals surface area contributed by atoms with Crippen molar-refractivity contribution in [2.75, 3.05) is 10.6 Å². The Morgan fingerprint density at radius 1 is 1.10 bits per heavy atom. The van der Waals surface area contributed by atoms with Crippen LogP contribution >= 0.6 is 11.3 Å². The molecule has 0 saturated heterocycles. The number of carbonyl (C=O) groups excluding carboxylic acids is 2. The highest BCUT2D eigenvalue weighted by Crippen LogP contribution is 2.38. The number of carbonyl (C=O) groups is 2. The summed E-state index contributed by atoms with van der Waals surface area (Å²) in [5, 5.41) is 19.7. The van der Waals surface area contributed by atoms with Gasteiger partial charge >= 0.3 is 0 Å². The Bertz CT molecular complexity index is 1110. The SMILES string of the molecule is Cc1sc(C(=O)Nc2ccccc2)c2c1C(=O)N[C@@H](c1ccc([N+](=O)[O-])cc1)N2. The normalized spacial score (nSPS) is 15.1. The summed E-state index contributed by atoms with van der Waals surface area (Å²) in [4.78, 5) is 37.0. The zero-order chi connectivity index (χ0) is 20.5. The fraction of sp³-hybridized carbons (Fsp3) is 0.100. The number of hydrogen-bond acceptors (Lipinski definition) is 6. The number of rotatable bonds is 4. The number of aryl methyl sites for hydroxylation is 1. The Balaban J connectivity index is 1.64. The molecule has 1 aliphatic heterocycles. The summed E-state index contributed by atoms with van der Waals surface area (Å²) < 4.78 is 0. The van der Waals surface area contributed by atoms with Crippen molar-refractivity contribution in [3.05, 3.63) is 85.6 Å². The largest absolute Gasteiger partial charge is 0.360 e. The Hall–Kier alpha value is -3.72. The summed E-state index contributed by atoms with van der Waals surface area (Å²) in [6.07, 6.45) is -0.604. The summed E-state index contributed by atoms with van der Waals surface area (Å²) in [5.74, 6) is -0.607. The Labute approximate surface area is 169 Å². The van der Waals surface area contributed by atoms with Gasteiger partial charge in [-0.15, -0.1) is 11.3 Å². The molecule has 0 bridgehead atoms. The highest BCUT2D eigenvalue weighted by atomic mass is 32.1. The maximum absolute atomic E-state index is 12.8. The third-order valence-electron chi connectivity index (χ3n) is 4.55. The maximum atomic E-state index is 12.8. The van der Waals surface area contributed by atoms with E-state index in [1.807, 2.05) is 18.2 Å². The molecule has 0 spiro atoms. The lowest BCUT2D eigenvalue weighted by molar-refractivity contribution is -0.384. The van der Waals surface area contributed by atoms with Gasteiger partial charge in [0.15, 0.2) is 0 Å². The average Bonchev–Trinajstić information content (AvgIpc) is 3.06. The zero-order valence-corrected chi connectivity index (χ0v) is 16.1. The van der Waals surface area contributed by atoms with Gasteiger partial charge in [0.1, 0.15) is 11.0 Å². The van der Waals surface area contributed by atoms with Gasteiger partial charge in [-0.2, -0.15) is 0 Å². The van der Waals surface area contributed by atoms with Crippen LogP contribution in [-0.4, -0.2) is 16.7 Å². The Morgan fingerprint density at radius 3 is 2.45 bits per heavy atom. The standard InChI is InChI=1S/C20H16N4O4S/c1-11-15-16(17(29-11)20(26)21-13-5-3-2-4-6-13)22-18(23-19(15)25)12-7-9-14(10-8-12)24(27)28/h2-10,18,22H,1H3,(H,21,26)(H,23,25)/t18-/m0/s1. The maximum Gasteiger partial charge on any atom is 0.269 e. The topological polar surface area (TPSA) is 113 Å². The van der Waals surface area contributed by atoms with Gasteiger partial charge in [-0.25, -0.2) is 0 Å². The number of fused-ring (bicyclic) bond motifs is 1. The van der Waals surface area contributed by atoms with E-state index in [0.717, 1.165) is 4.88 Å². The number of thiophene rings is 1. The second-order valence-corrected chi connectivity index (χ2v) is 7.68. The predicted molar refractivity (Wildman–Crippen MR) is 110 cm³/mol. The molecule has 1 atom stereocenters. The summed E-state index contributed by atoms with van der Waals surface area (Å²) >= 11 is 1.24. The van der Waals surface area contributed by atoms with Crippen LogP contribution in [0.15, 0.2) is 54.6 Å². The van der Waals surface area contributed by atoms with E-state index in [4.69, 9.17) is 0 Å². The minimum atomic E-state index is -0.604. The van der Waals surface area contributed by atoms with Crippen LogP contribution in [0.1, 0.15) is 36.6 Å². The molecule has 1 aromatic heterocycles. The molecule has 0 saturated carbocycles. The molecule has 1 aliphatic rings. The van der Waals surface area contributed by atoms with E-state index in [2.05, 4.69) is 16.0 Å². The second kappa shape index (κ2) is 7.36. The molecule has 3 aromatic rings. The van der Waals surface area contributed by atoms with Crippen LogP contribution in [0, 0.1) is 17.0 Å². The van der Waals surface area contributed by atoms with Crippen LogP contribution in [0.2, 0.25) is 0 Å². The Morgan fingerprint density at radius 2 is 1.79 bits per heavy atom. The van der Waals surface area contributed by atoms with Crippen LogP contribution in [0.4, 0.5) is 17.1 Å².